The molecular weight excluding hydrogens is 200 g/mol. The predicted octanol–water partition coefficient (Wildman–Crippen LogP) is 2.77. The fraction of sp³-hybridized carbons (Fsp3) is 0.462. The number of nitrogens with one attached hydrogen (secondary N) is 1. The summed E-state index contributed by atoms with van der Waals surface area (Å²) in [6.45, 7) is 3.86. The van der Waals surface area contributed by atoms with Crippen LogP contribution in [0.25, 0.3) is 11.0 Å². The van der Waals surface area contributed by atoms with Crippen molar-refractivity contribution in [2.24, 2.45) is 0 Å². The van der Waals surface area contributed by atoms with E-state index in [1.165, 1.54) is 16.5 Å². The topological polar surface area (TPSA) is 37.9 Å². The Bertz CT molecular complexity index is 498. The van der Waals surface area contributed by atoms with E-state index < -0.39 is 0 Å². The number of hydrogen-bond acceptors (Lipinski definition) is 2. The summed E-state index contributed by atoms with van der Waals surface area (Å²) in [5, 5.41) is 1.28. The van der Waals surface area contributed by atoms with Crippen LogP contribution in [0.4, 0.5) is 0 Å². The fourth-order valence-corrected chi connectivity index (χ4v) is 2.47. The molecule has 2 aromatic heterocycles. The van der Waals surface area contributed by atoms with Gasteiger partial charge in [0, 0.05) is 31.0 Å². The molecule has 1 aliphatic rings. The molecule has 0 aliphatic carbocycles. The van der Waals surface area contributed by atoms with Crippen LogP contribution in [0.15, 0.2) is 18.5 Å². The number of ether oxygens (including phenoxy) is 1. The third-order valence-electron chi connectivity index (χ3n) is 3.36. The molecule has 84 valence electrons. The minimum Gasteiger partial charge on any atom is -0.381 e. The van der Waals surface area contributed by atoms with E-state index in [4.69, 9.17) is 4.74 Å². The Morgan fingerprint density at radius 2 is 2.19 bits per heavy atom. The first kappa shape index (κ1) is 9.85. The van der Waals surface area contributed by atoms with Crippen LogP contribution in [0.5, 0.6) is 0 Å². The Morgan fingerprint density at radius 1 is 1.38 bits per heavy atom. The number of aryl methyl sites for hydroxylation is 1. The number of aromatic nitrogens is 2. The highest BCUT2D eigenvalue weighted by Gasteiger charge is 2.19. The summed E-state index contributed by atoms with van der Waals surface area (Å²) in [6.07, 6.45) is 6.28. The van der Waals surface area contributed by atoms with Crippen molar-refractivity contribution in [2.45, 2.75) is 25.7 Å². The third-order valence-corrected chi connectivity index (χ3v) is 3.36. The first-order valence-electron chi connectivity index (χ1n) is 5.86. The Balaban J connectivity index is 2.05. The molecule has 2 aromatic rings. The molecule has 1 aliphatic heterocycles. The molecular formula is C13H16N2O. The van der Waals surface area contributed by atoms with Crippen molar-refractivity contribution < 1.29 is 4.74 Å². The molecule has 0 aromatic carbocycles. The molecule has 3 rings (SSSR count). The fourth-order valence-electron chi connectivity index (χ4n) is 2.47. The van der Waals surface area contributed by atoms with Crippen molar-refractivity contribution in [1.82, 2.24) is 9.97 Å². The number of nitrogens with zero attached hydrogens (tertiary/aromatic N) is 1. The minimum atomic E-state index is 0.631. The van der Waals surface area contributed by atoms with Gasteiger partial charge < -0.3 is 9.72 Å². The lowest BCUT2D eigenvalue weighted by Crippen LogP contribution is -2.13. The molecule has 1 fully saturated rings. The van der Waals surface area contributed by atoms with Crippen molar-refractivity contribution in [3.05, 3.63) is 29.6 Å². The van der Waals surface area contributed by atoms with Crippen LogP contribution in [0.2, 0.25) is 0 Å². The highest BCUT2D eigenvalue weighted by atomic mass is 16.5. The smallest absolute Gasteiger partial charge is 0.137 e. The first-order chi connectivity index (χ1) is 7.84. The van der Waals surface area contributed by atoms with Gasteiger partial charge in [-0.3, -0.25) is 0 Å². The summed E-state index contributed by atoms with van der Waals surface area (Å²) >= 11 is 0. The van der Waals surface area contributed by atoms with Gasteiger partial charge in [0.25, 0.3) is 0 Å². The second-order valence-corrected chi connectivity index (χ2v) is 4.54. The molecule has 3 heteroatoms. The molecule has 1 saturated heterocycles. The van der Waals surface area contributed by atoms with Crippen LogP contribution in [0, 0.1) is 6.92 Å². The van der Waals surface area contributed by atoms with E-state index in [0.29, 0.717) is 5.92 Å². The lowest BCUT2D eigenvalue weighted by atomic mass is 9.92. The zero-order valence-electron chi connectivity index (χ0n) is 9.49. The summed E-state index contributed by atoms with van der Waals surface area (Å²) in [6, 6.07) is 2.23. The van der Waals surface area contributed by atoms with Gasteiger partial charge in [-0.15, -0.1) is 0 Å². The van der Waals surface area contributed by atoms with Gasteiger partial charge in [0.15, 0.2) is 0 Å². The van der Waals surface area contributed by atoms with Gasteiger partial charge in [-0.05, 0) is 42.9 Å². The molecule has 0 atom stereocenters. The molecule has 3 nitrogen and oxygen atoms in total. The molecule has 0 bridgehead atoms. The predicted molar refractivity (Wildman–Crippen MR) is 63.6 cm³/mol. The molecule has 0 radical (unpaired) electrons. The van der Waals surface area contributed by atoms with Gasteiger partial charge in [0.2, 0.25) is 0 Å². The van der Waals surface area contributed by atoms with Gasteiger partial charge in [-0.2, -0.15) is 0 Å². The van der Waals surface area contributed by atoms with Crippen LogP contribution >= 0.6 is 0 Å². The maximum Gasteiger partial charge on any atom is 0.137 e. The average molecular weight is 216 g/mol. The normalized spacial score (nSPS) is 18.1. The average Bonchev–Trinajstić information content (AvgIpc) is 2.73. The number of aromatic amines is 1. The van der Waals surface area contributed by atoms with E-state index in [1.54, 1.807) is 0 Å². The molecule has 3 heterocycles. The molecule has 0 spiro atoms. The number of fused-ring (bicyclic) bond motifs is 1. The van der Waals surface area contributed by atoms with Crippen molar-refractivity contribution in [1.29, 1.82) is 0 Å². The summed E-state index contributed by atoms with van der Waals surface area (Å²) in [5.41, 5.74) is 3.64. The van der Waals surface area contributed by atoms with Gasteiger partial charge >= 0.3 is 0 Å². The van der Waals surface area contributed by atoms with Crippen molar-refractivity contribution >= 4 is 11.0 Å². The van der Waals surface area contributed by atoms with E-state index in [9.17, 15) is 0 Å². The standard InChI is InChI=1S/C13H16N2O/c1-9-6-11-12(8-15-13(11)14-7-9)10-2-4-16-5-3-10/h6-8,10H,2-5H2,1H3,(H,14,15). The molecule has 0 saturated carbocycles. The maximum atomic E-state index is 5.41. The summed E-state index contributed by atoms with van der Waals surface area (Å²) in [7, 11) is 0. The number of rotatable bonds is 1. The minimum absolute atomic E-state index is 0.631. The SMILES string of the molecule is Cc1cnc2[nH]cc(C3CCOCC3)c2c1. The Morgan fingerprint density at radius 3 is 3.00 bits per heavy atom. The van der Waals surface area contributed by atoms with Crippen LogP contribution in [0.1, 0.15) is 29.9 Å². The number of H-pyrrole nitrogens is 1. The van der Waals surface area contributed by atoms with Crippen LogP contribution in [-0.2, 0) is 4.74 Å². The van der Waals surface area contributed by atoms with E-state index in [2.05, 4.69) is 29.2 Å². The molecule has 1 N–H and O–H groups in total. The van der Waals surface area contributed by atoms with E-state index in [0.717, 1.165) is 31.7 Å². The van der Waals surface area contributed by atoms with E-state index >= 15 is 0 Å². The monoisotopic (exact) mass is 216 g/mol. The quantitative estimate of drug-likeness (QED) is 0.796. The van der Waals surface area contributed by atoms with Crippen LogP contribution in [0.3, 0.4) is 0 Å². The zero-order valence-corrected chi connectivity index (χ0v) is 9.49. The first-order valence-corrected chi connectivity index (χ1v) is 5.86. The molecule has 16 heavy (non-hydrogen) atoms. The maximum absolute atomic E-state index is 5.41. The highest BCUT2D eigenvalue weighted by molar-refractivity contribution is 5.80. The van der Waals surface area contributed by atoms with Gasteiger partial charge in [-0.25, -0.2) is 4.98 Å². The molecule has 0 amide bonds. The second kappa shape index (κ2) is 3.91. The van der Waals surface area contributed by atoms with Gasteiger partial charge in [0.05, 0.1) is 0 Å². The summed E-state index contributed by atoms with van der Waals surface area (Å²) < 4.78 is 5.41. The Labute approximate surface area is 94.8 Å². The third kappa shape index (κ3) is 1.61. The van der Waals surface area contributed by atoms with Crippen molar-refractivity contribution in [3.8, 4) is 0 Å². The molecule has 0 unspecified atom stereocenters. The van der Waals surface area contributed by atoms with Gasteiger partial charge in [-0.1, -0.05) is 0 Å². The summed E-state index contributed by atoms with van der Waals surface area (Å²) in [5.74, 6) is 0.631. The Hall–Kier alpha value is -1.35. The van der Waals surface area contributed by atoms with Crippen LogP contribution in [-0.4, -0.2) is 23.2 Å². The largest absolute Gasteiger partial charge is 0.381 e. The second-order valence-electron chi connectivity index (χ2n) is 4.54. The zero-order chi connectivity index (χ0) is 11.0. The summed E-state index contributed by atoms with van der Waals surface area (Å²) in [4.78, 5) is 7.67. The van der Waals surface area contributed by atoms with Crippen molar-refractivity contribution in [2.75, 3.05) is 13.2 Å². The van der Waals surface area contributed by atoms with Crippen molar-refractivity contribution in [3.63, 3.8) is 0 Å². The van der Waals surface area contributed by atoms with Crippen LogP contribution < -0.4 is 0 Å². The number of pyridine rings is 1. The van der Waals surface area contributed by atoms with Gasteiger partial charge in [0.1, 0.15) is 5.65 Å². The lowest BCUT2D eigenvalue weighted by Gasteiger charge is -2.21. The highest BCUT2D eigenvalue weighted by Crippen LogP contribution is 2.31. The Kier molecular flexibility index (Phi) is 2.40. The van der Waals surface area contributed by atoms with E-state index in [-0.39, 0.29) is 0 Å². The number of hydrogen-bond donors (Lipinski definition) is 1. The lowest BCUT2D eigenvalue weighted by molar-refractivity contribution is 0.0856. The van der Waals surface area contributed by atoms with E-state index in [1.807, 2.05) is 6.20 Å².